The summed E-state index contributed by atoms with van der Waals surface area (Å²) in [4.78, 5) is 1.02. The highest BCUT2D eigenvalue weighted by Gasteiger charge is 2.24. The van der Waals surface area contributed by atoms with Crippen molar-refractivity contribution in [1.82, 2.24) is 8.87 Å². The highest BCUT2D eigenvalue weighted by molar-refractivity contribution is 7.88. The second kappa shape index (κ2) is 7.74. The van der Waals surface area contributed by atoms with Gasteiger partial charge >= 0.3 is 0 Å². The molecule has 0 saturated heterocycles. The van der Waals surface area contributed by atoms with Gasteiger partial charge in [-0.25, -0.2) is 8.42 Å². The quantitative estimate of drug-likeness (QED) is 0.600. The molecule has 3 rings (SSSR count). The Labute approximate surface area is 157 Å². The van der Waals surface area contributed by atoms with Gasteiger partial charge in [0.1, 0.15) is 0 Å². The highest BCUT2D eigenvalue weighted by atomic mass is 35.5. The zero-order chi connectivity index (χ0) is 17.9. The van der Waals surface area contributed by atoms with E-state index in [1.807, 2.05) is 47.5 Å². The van der Waals surface area contributed by atoms with E-state index in [0.717, 1.165) is 16.1 Å². The van der Waals surface area contributed by atoms with Crippen molar-refractivity contribution in [3.63, 3.8) is 0 Å². The number of nitrogens with zero attached hydrogens (tertiary/aromatic N) is 2. The van der Waals surface area contributed by atoms with E-state index in [9.17, 15) is 8.42 Å². The number of thiophene rings is 1. The van der Waals surface area contributed by atoms with Crippen LogP contribution in [-0.4, -0.2) is 17.3 Å². The first-order valence-electron chi connectivity index (χ1n) is 7.79. The van der Waals surface area contributed by atoms with Gasteiger partial charge in [-0.05, 0) is 41.3 Å². The first kappa shape index (κ1) is 18.2. The molecular formula is C18H19ClN2O2S2. The molecule has 0 aliphatic rings. The van der Waals surface area contributed by atoms with Crippen LogP contribution >= 0.6 is 22.9 Å². The number of rotatable bonds is 7. The van der Waals surface area contributed by atoms with Crippen LogP contribution in [0.15, 0.2) is 60.1 Å². The van der Waals surface area contributed by atoms with Gasteiger partial charge in [-0.1, -0.05) is 29.8 Å². The lowest BCUT2D eigenvalue weighted by molar-refractivity contribution is 0.395. The topological polar surface area (TPSA) is 42.3 Å². The van der Waals surface area contributed by atoms with Crippen LogP contribution in [0.2, 0.25) is 5.02 Å². The van der Waals surface area contributed by atoms with Crippen molar-refractivity contribution in [2.45, 2.75) is 18.8 Å². The third kappa shape index (κ3) is 4.73. The van der Waals surface area contributed by atoms with Gasteiger partial charge in [0.2, 0.25) is 10.0 Å². The lowest BCUT2D eigenvalue weighted by atomic mass is 10.2. The maximum absolute atomic E-state index is 13.0. The highest BCUT2D eigenvalue weighted by Crippen LogP contribution is 2.21. The summed E-state index contributed by atoms with van der Waals surface area (Å²) in [6.07, 6.45) is 1.92. The van der Waals surface area contributed by atoms with E-state index in [2.05, 4.69) is 0 Å². The van der Waals surface area contributed by atoms with Crippen molar-refractivity contribution in [2.24, 2.45) is 7.05 Å². The van der Waals surface area contributed by atoms with Crippen molar-refractivity contribution < 1.29 is 8.42 Å². The molecule has 2 heterocycles. The molecule has 0 aliphatic carbocycles. The molecule has 1 aromatic carbocycles. The Balaban J connectivity index is 1.85. The van der Waals surface area contributed by atoms with Gasteiger partial charge in [-0.15, -0.1) is 11.3 Å². The van der Waals surface area contributed by atoms with Crippen LogP contribution in [0.5, 0.6) is 0 Å². The first-order valence-corrected chi connectivity index (χ1v) is 10.7. The fraction of sp³-hybridized carbons (Fsp3) is 0.222. The summed E-state index contributed by atoms with van der Waals surface area (Å²) in [5.41, 5.74) is 1.68. The molecule has 25 heavy (non-hydrogen) atoms. The molecular weight excluding hydrogens is 376 g/mol. The molecule has 0 aliphatic heterocycles. The summed E-state index contributed by atoms with van der Waals surface area (Å²) in [5.74, 6) is -0.0417. The van der Waals surface area contributed by atoms with E-state index in [1.165, 1.54) is 0 Å². The second-order valence-corrected chi connectivity index (χ2v) is 9.28. The third-order valence-electron chi connectivity index (χ3n) is 3.96. The minimum Gasteiger partial charge on any atom is -0.353 e. The zero-order valence-electron chi connectivity index (χ0n) is 13.8. The van der Waals surface area contributed by atoms with Gasteiger partial charge in [0.15, 0.2) is 0 Å². The average molecular weight is 395 g/mol. The monoisotopic (exact) mass is 394 g/mol. The largest absolute Gasteiger partial charge is 0.353 e. The standard InChI is InChI=1S/C18H19ClN2O2S2/c1-20-10-2-4-17(20)12-21(13-18-5-3-11-24-18)25(22,23)14-15-6-8-16(19)9-7-15/h2-11H,12-14H2,1H3. The predicted octanol–water partition coefficient (Wildman–Crippen LogP) is 4.27. The normalized spacial score (nSPS) is 12.0. The molecule has 0 spiro atoms. The van der Waals surface area contributed by atoms with E-state index in [0.29, 0.717) is 18.1 Å². The summed E-state index contributed by atoms with van der Waals surface area (Å²) in [6, 6.07) is 14.7. The maximum atomic E-state index is 13.0. The first-order chi connectivity index (χ1) is 11.9. The number of hydrogen-bond donors (Lipinski definition) is 0. The van der Waals surface area contributed by atoms with Crippen LogP contribution in [-0.2, 0) is 35.9 Å². The van der Waals surface area contributed by atoms with Crippen LogP contribution in [0, 0.1) is 0 Å². The second-order valence-electron chi connectivity index (χ2n) is 5.84. The minimum absolute atomic E-state index is 0.0417. The van der Waals surface area contributed by atoms with Crippen LogP contribution in [0.25, 0.3) is 0 Å². The van der Waals surface area contributed by atoms with E-state index in [4.69, 9.17) is 11.6 Å². The number of aryl methyl sites for hydroxylation is 1. The minimum atomic E-state index is -3.47. The van der Waals surface area contributed by atoms with E-state index in [-0.39, 0.29) is 5.75 Å². The summed E-state index contributed by atoms with van der Waals surface area (Å²) in [5, 5.41) is 2.56. The molecule has 3 aromatic rings. The fourth-order valence-electron chi connectivity index (χ4n) is 2.55. The smallest absolute Gasteiger partial charge is 0.218 e. The molecule has 0 amide bonds. The summed E-state index contributed by atoms with van der Waals surface area (Å²) >= 11 is 7.45. The number of halogens is 1. The molecule has 2 aromatic heterocycles. The Morgan fingerprint density at radius 3 is 2.44 bits per heavy atom. The summed E-state index contributed by atoms with van der Waals surface area (Å²) in [7, 11) is -1.55. The van der Waals surface area contributed by atoms with Gasteiger partial charge in [0.25, 0.3) is 0 Å². The maximum Gasteiger partial charge on any atom is 0.218 e. The molecule has 0 unspecified atom stereocenters. The number of benzene rings is 1. The van der Waals surface area contributed by atoms with Gasteiger partial charge < -0.3 is 4.57 Å². The van der Waals surface area contributed by atoms with Crippen molar-refractivity contribution in [1.29, 1.82) is 0 Å². The van der Waals surface area contributed by atoms with Crippen LogP contribution < -0.4 is 0 Å². The molecule has 0 N–H and O–H groups in total. The molecule has 132 valence electrons. The van der Waals surface area contributed by atoms with Gasteiger partial charge in [0, 0.05) is 35.4 Å². The third-order valence-corrected chi connectivity index (χ3v) is 6.81. The Morgan fingerprint density at radius 1 is 1.08 bits per heavy atom. The summed E-state index contributed by atoms with van der Waals surface area (Å²) in [6.45, 7) is 0.718. The molecule has 4 nitrogen and oxygen atoms in total. The molecule has 0 atom stereocenters. The zero-order valence-corrected chi connectivity index (χ0v) is 16.2. The van der Waals surface area contributed by atoms with Crippen molar-refractivity contribution in [3.8, 4) is 0 Å². The fourth-order valence-corrected chi connectivity index (χ4v) is 4.94. The number of aromatic nitrogens is 1. The van der Waals surface area contributed by atoms with E-state index >= 15 is 0 Å². The Bertz CT molecular complexity index is 916. The Hall–Kier alpha value is -1.60. The lowest BCUT2D eigenvalue weighted by Crippen LogP contribution is -2.31. The van der Waals surface area contributed by atoms with Crippen LogP contribution in [0.4, 0.5) is 0 Å². The van der Waals surface area contributed by atoms with Crippen molar-refractivity contribution in [3.05, 3.63) is 81.3 Å². The van der Waals surface area contributed by atoms with Gasteiger partial charge in [-0.3, -0.25) is 0 Å². The van der Waals surface area contributed by atoms with Crippen LogP contribution in [0.1, 0.15) is 16.1 Å². The number of hydrogen-bond acceptors (Lipinski definition) is 3. The van der Waals surface area contributed by atoms with E-state index < -0.39 is 10.0 Å². The molecule has 0 saturated carbocycles. The Morgan fingerprint density at radius 2 is 1.84 bits per heavy atom. The Kier molecular flexibility index (Phi) is 5.64. The molecule has 0 fully saturated rings. The van der Waals surface area contributed by atoms with Gasteiger partial charge in [-0.2, -0.15) is 4.31 Å². The predicted molar refractivity (Wildman–Crippen MR) is 103 cm³/mol. The van der Waals surface area contributed by atoms with Gasteiger partial charge in [0.05, 0.1) is 12.3 Å². The SMILES string of the molecule is Cn1cccc1CN(Cc1cccs1)S(=O)(=O)Cc1ccc(Cl)cc1. The summed E-state index contributed by atoms with van der Waals surface area (Å²) < 4.78 is 29.6. The van der Waals surface area contributed by atoms with E-state index in [1.54, 1.807) is 39.9 Å². The van der Waals surface area contributed by atoms with Crippen molar-refractivity contribution in [2.75, 3.05) is 0 Å². The van der Waals surface area contributed by atoms with Crippen molar-refractivity contribution >= 4 is 33.0 Å². The lowest BCUT2D eigenvalue weighted by Gasteiger charge is -2.22. The molecule has 0 bridgehead atoms. The van der Waals surface area contributed by atoms with Crippen LogP contribution in [0.3, 0.4) is 0 Å². The molecule has 7 heteroatoms. The average Bonchev–Trinajstić information content (AvgIpc) is 3.21. The number of sulfonamides is 1. The molecule has 0 radical (unpaired) electrons.